The number of fused-ring (bicyclic) bond motifs is 1. The molecular weight excluding hydrogens is 391 g/mol. The Balaban J connectivity index is 1.59. The van der Waals surface area contributed by atoms with Crippen molar-refractivity contribution in [2.75, 3.05) is 12.0 Å². The Kier molecular flexibility index (Phi) is 4.49. The largest absolute Gasteiger partial charge is 0.495 e. The number of hydrogen-bond donors (Lipinski definition) is 0. The van der Waals surface area contributed by atoms with Gasteiger partial charge in [-0.25, -0.2) is 4.90 Å². The lowest BCUT2D eigenvalue weighted by Crippen LogP contribution is -2.39. The summed E-state index contributed by atoms with van der Waals surface area (Å²) in [7, 11) is 1.49. The normalized spacial score (nSPS) is 21.1. The molecule has 2 atom stereocenters. The van der Waals surface area contributed by atoms with E-state index >= 15 is 0 Å². The van der Waals surface area contributed by atoms with Crippen LogP contribution in [0.2, 0.25) is 10.0 Å². The number of halogens is 2. The zero-order chi connectivity index (χ0) is 19.1. The molecule has 0 bridgehead atoms. The van der Waals surface area contributed by atoms with Crippen LogP contribution < -0.4 is 9.64 Å². The van der Waals surface area contributed by atoms with E-state index in [4.69, 9.17) is 27.9 Å². The monoisotopic (exact) mass is 404 g/mol. The van der Waals surface area contributed by atoms with Crippen molar-refractivity contribution in [2.45, 2.75) is 18.6 Å². The molecule has 2 amide bonds. The minimum absolute atomic E-state index is 0.312. The van der Waals surface area contributed by atoms with Crippen molar-refractivity contribution in [3.05, 3.63) is 58.1 Å². The number of ether oxygens (including phenoxy) is 1. The van der Waals surface area contributed by atoms with Crippen molar-refractivity contribution < 1.29 is 14.3 Å². The van der Waals surface area contributed by atoms with Crippen molar-refractivity contribution in [2.24, 2.45) is 10.3 Å². The van der Waals surface area contributed by atoms with Crippen molar-refractivity contribution in [3.8, 4) is 5.75 Å². The second-order valence-corrected chi connectivity index (χ2v) is 6.99. The third-order valence-electron chi connectivity index (χ3n) is 4.51. The molecule has 7 nitrogen and oxygen atoms in total. The number of imide groups is 1. The van der Waals surface area contributed by atoms with Gasteiger partial charge in [-0.05, 0) is 35.9 Å². The van der Waals surface area contributed by atoms with E-state index in [-0.39, 0.29) is 5.91 Å². The van der Waals surface area contributed by atoms with Gasteiger partial charge in [0.15, 0.2) is 12.1 Å². The van der Waals surface area contributed by atoms with Gasteiger partial charge in [0.1, 0.15) is 5.75 Å². The summed E-state index contributed by atoms with van der Waals surface area (Å²) in [5.41, 5.74) is 1.29. The van der Waals surface area contributed by atoms with Crippen LogP contribution in [0.15, 0.2) is 52.8 Å². The fourth-order valence-corrected chi connectivity index (χ4v) is 3.56. The van der Waals surface area contributed by atoms with Gasteiger partial charge in [0, 0.05) is 5.02 Å². The van der Waals surface area contributed by atoms with Crippen molar-refractivity contribution in [1.82, 2.24) is 5.01 Å². The molecule has 0 aromatic heterocycles. The lowest BCUT2D eigenvalue weighted by molar-refractivity contribution is -0.123. The van der Waals surface area contributed by atoms with Crippen LogP contribution in [0.25, 0.3) is 0 Å². The Morgan fingerprint density at radius 2 is 1.81 bits per heavy atom. The van der Waals surface area contributed by atoms with Gasteiger partial charge in [-0.1, -0.05) is 40.6 Å². The van der Waals surface area contributed by atoms with E-state index < -0.39 is 18.0 Å². The molecule has 0 radical (unpaired) electrons. The van der Waals surface area contributed by atoms with Gasteiger partial charge in [0.2, 0.25) is 0 Å². The standard InChI is InChI=1S/C18H14Cl2N4O3/c1-27-14-7-6-12(8-13(14)20)24-17(25)15-16(18(24)26)23(22-21-15)9-10-2-4-11(19)5-3-10/h2-8,15-16H,9H2,1H3/t15-,16-/m0/s1. The van der Waals surface area contributed by atoms with E-state index in [0.717, 1.165) is 10.5 Å². The maximum Gasteiger partial charge on any atom is 0.263 e. The number of carbonyl (C=O) groups is 2. The summed E-state index contributed by atoms with van der Waals surface area (Å²) in [5, 5.41) is 10.5. The molecule has 4 rings (SSSR count). The molecule has 27 heavy (non-hydrogen) atoms. The number of hydrogen-bond acceptors (Lipinski definition) is 6. The summed E-state index contributed by atoms with van der Waals surface area (Å²) >= 11 is 12.0. The highest BCUT2D eigenvalue weighted by Gasteiger charge is 2.54. The molecule has 0 N–H and O–H groups in total. The lowest BCUT2D eigenvalue weighted by atomic mass is 10.1. The summed E-state index contributed by atoms with van der Waals surface area (Å²) in [5.74, 6) is -0.345. The van der Waals surface area contributed by atoms with Crippen LogP contribution in [0.1, 0.15) is 5.56 Å². The Hall–Kier alpha value is -2.64. The van der Waals surface area contributed by atoms with Crippen molar-refractivity contribution in [3.63, 3.8) is 0 Å². The minimum Gasteiger partial charge on any atom is -0.495 e. The van der Waals surface area contributed by atoms with Gasteiger partial charge in [0.25, 0.3) is 11.8 Å². The first-order valence-corrected chi connectivity index (χ1v) is 8.88. The Bertz CT molecular complexity index is 948. The highest BCUT2D eigenvalue weighted by atomic mass is 35.5. The summed E-state index contributed by atoms with van der Waals surface area (Å²) in [6, 6.07) is 10.3. The molecule has 0 unspecified atom stereocenters. The maximum absolute atomic E-state index is 13.0. The summed E-state index contributed by atoms with van der Waals surface area (Å²) in [6.45, 7) is 0.345. The average molecular weight is 405 g/mol. The molecule has 2 aromatic rings. The smallest absolute Gasteiger partial charge is 0.263 e. The molecule has 0 spiro atoms. The van der Waals surface area contributed by atoms with E-state index in [9.17, 15) is 9.59 Å². The van der Waals surface area contributed by atoms with Crippen molar-refractivity contribution >= 4 is 40.7 Å². The quantitative estimate of drug-likeness (QED) is 0.730. The predicted octanol–water partition coefficient (Wildman–Crippen LogP) is 3.50. The van der Waals surface area contributed by atoms with E-state index in [1.165, 1.54) is 18.2 Å². The number of amides is 2. The SMILES string of the molecule is COc1ccc(N2C(=O)[C@H]3N=NN(Cc4ccc(Cl)cc4)[C@@H]3C2=O)cc1Cl. The number of anilines is 1. The van der Waals surface area contributed by atoms with Gasteiger partial charge in [0.05, 0.1) is 24.4 Å². The molecule has 2 heterocycles. The summed E-state index contributed by atoms with van der Waals surface area (Å²) < 4.78 is 5.11. The van der Waals surface area contributed by atoms with Crippen LogP contribution >= 0.6 is 23.2 Å². The highest BCUT2D eigenvalue weighted by Crippen LogP contribution is 2.35. The van der Waals surface area contributed by atoms with Crippen LogP contribution in [-0.4, -0.2) is 36.0 Å². The van der Waals surface area contributed by atoms with Crippen LogP contribution in [0, 0.1) is 0 Å². The van der Waals surface area contributed by atoms with Gasteiger partial charge in [-0.3, -0.25) is 14.6 Å². The van der Waals surface area contributed by atoms with Gasteiger partial charge < -0.3 is 4.74 Å². The second-order valence-electron chi connectivity index (χ2n) is 6.15. The van der Waals surface area contributed by atoms with Crippen LogP contribution in [0.5, 0.6) is 5.75 Å². The first-order chi connectivity index (χ1) is 13.0. The molecule has 1 fully saturated rings. The van der Waals surface area contributed by atoms with E-state index in [1.807, 2.05) is 12.1 Å². The third kappa shape index (κ3) is 3.02. The van der Waals surface area contributed by atoms with E-state index in [2.05, 4.69) is 10.3 Å². The maximum atomic E-state index is 13.0. The van der Waals surface area contributed by atoms with Crippen LogP contribution in [0.3, 0.4) is 0 Å². The number of carbonyl (C=O) groups excluding carboxylic acids is 2. The number of methoxy groups -OCH3 is 1. The fraction of sp³-hybridized carbons (Fsp3) is 0.222. The molecule has 0 aliphatic carbocycles. The lowest BCUT2D eigenvalue weighted by Gasteiger charge is -2.21. The number of rotatable bonds is 4. The second kappa shape index (κ2) is 6.83. The molecule has 1 saturated heterocycles. The molecule has 0 saturated carbocycles. The Labute approximate surface area is 165 Å². The topological polar surface area (TPSA) is 74.6 Å². The zero-order valence-electron chi connectivity index (χ0n) is 14.2. The van der Waals surface area contributed by atoms with Gasteiger partial charge in [-0.2, -0.15) is 5.11 Å². The molecule has 138 valence electrons. The first-order valence-electron chi connectivity index (χ1n) is 8.13. The molecule has 2 aromatic carbocycles. The van der Waals surface area contributed by atoms with Gasteiger partial charge >= 0.3 is 0 Å². The number of benzene rings is 2. The predicted molar refractivity (Wildman–Crippen MR) is 99.9 cm³/mol. The van der Waals surface area contributed by atoms with E-state index in [0.29, 0.717) is 28.0 Å². The first kappa shape index (κ1) is 17.8. The molecule has 2 aliphatic heterocycles. The van der Waals surface area contributed by atoms with Gasteiger partial charge in [-0.15, -0.1) is 0 Å². The molecular formula is C18H14Cl2N4O3. The van der Waals surface area contributed by atoms with Crippen molar-refractivity contribution in [1.29, 1.82) is 0 Å². The molecule has 2 aliphatic rings. The van der Waals surface area contributed by atoms with Crippen LogP contribution in [-0.2, 0) is 16.1 Å². The zero-order valence-corrected chi connectivity index (χ0v) is 15.7. The number of nitrogens with zero attached hydrogens (tertiary/aromatic N) is 4. The summed E-state index contributed by atoms with van der Waals surface area (Å²) in [6.07, 6.45) is 0. The Morgan fingerprint density at radius 1 is 1.07 bits per heavy atom. The fourth-order valence-electron chi connectivity index (χ4n) is 3.18. The minimum atomic E-state index is -0.856. The average Bonchev–Trinajstić information content (AvgIpc) is 3.17. The van der Waals surface area contributed by atoms with Crippen LogP contribution in [0.4, 0.5) is 5.69 Å². The highest BCUT2D eigenvalue weighted by molar-refractivity contribution is 6.33. The third-order valence-corrected chi connectivity index (χ3v) is 5.06. The molecule has 9 heteroatoms. The Morgan fingerprint density at radius 3 is 2.48 bits per heavy atom. The van der Waals surface area contributed by atoms with E-state index in [1.54, 1.807) is 24.3 Å². The summed E-state index contributed by atoms with van der Waals surface area (Å²) in [4.78, 5) is 26.8.